The van der Waals surface area contributed by atoms with Crippen LogP contribution in [-0.2, 0) is 0 Å². The zero-order valence-electron chi connectivity index (χ0n) is 10.1. The van der Waals surface area contributed by atoms with Crippen LogP contribution in [0.2, 0.25) is 0 Å². The van der Waals surface area contributed by atoms with Gasteiger partial charge in [-0.05, 0) is 25.8 Å². The van der Waals surface area contributed by atoms with E-state index in [0.29, 0.717) is 0 Å². The lowest BCUT2D eigenvalue weighted by Crippen LogP contribution is -2.33. The minimum atomic E-state index is 0.208. The van der Waals surface area contributed by atoms with Gasteiger partial charge in [-0.25, -0.2) is 0 Å². The molecule has 0 amide bonds. The Morgan fingerprint density at radius 3 is 1.80 bits per heavy atom. The quantitative estimate of drug-likeness (QED) is 0.619. The highest BCUT2D eigenvalue weighted by atomic mass is 16.3. The van der Waals surface area contributed by atoms with Gasteiger partial charge in [-0.3, -0.25) is 0 Å². The maximum atomic E-state index is 8.82. The smallest absolute Gasteiger partial charge is 0.0989 e. The van der Waals surface area contributed by atoms with Crippen LogP contribution in [0, 0.1) is 0 Å². The van der Waals surface area contributed by atoms with Crippen molar-refractivity contribution in [2.24, 2.45) is 0 Å². The molecular formula is C11H24N2O2. The van der Waals surface area contributed by atoms with Gasteiger partial charge >= 0.3 is 0 Å². The van der Waals surface area contributed by atoms with E-state index in [1.54, 1.807) is 0 Å². The van der Waals surface area contributed by atoms with Gasteiger partial charge in [0.05, 0.1) is 5.82 Å². The minimum Gasteiger partial charge on any atom is -0.396 e. The predicted molar refractivity (Wildman–Crippen MR) is 62.4 cm³/mol. The Kier molecular flexibility index (Phi) is 8.14. The molecule has 2 N–H and O–H groups in total. The molecule has 0 unspecified atom stereocenters. The summed E-state index contributed by atoms with van der Waals surface area (Å²) in [6, 6.07) is 0. The molecule has 0 aromatic heterocycles. The summed E-state index contributed by atoms with van der Waals surface area (Å²) in [5.74, 6) is 1.14. The lowest BCUT2D eigenvalue weighted by molar-refractivity contribution is 0.199. The van der Waals surface area contributed by atoms with Crippen molar-refractivity contribution in [1.82, 2.24) is 9.80 Å². The molecule has 0 aliphatic carbocycles. The summed E-state index contributed by atoms with van der Waals surface area (Å²) in [7, 11) is 4.00. The van der Waals surface area contributed by atoms with E-state index in [-0.39, 0.29) is 13.2 Å². The molecule has 0 fully saturated rings. The first-order chi connectivity index (χ1) is 7.17. The number of allylic oxidation sites excluding steroid dienone is 1. The largest absolute Gasteiger partial charge is 0.396 e. The molecule has 0 aliphatic heterocycles. The van der Waals surface area contributed by atoms with Crippen LogP contribution in [0.3, 0.4) is 0 Å². The summed E-state index contributed by atoms with van der Waals surface area (Å²) >= 11 is 0. The second-order valence-electron chi connectivity index (χ2n) is 3.68. The molecule has 0 saturated heterocycles. The molecule has 0 bridgehead atoms. The van der Waals surface area contributed by atoms with Crippen LogP contribution in [0.4, 0.5) is 0 Å². The maximum Gasteiger partial charge on any atom is 0.0989 e. The molecule has 0 spiro atoms. The van der Waals surface area contributed by atoms with Gasteiger partial charge in [0.1, 0.15) is 0 Å². The Bertz CT molecular complexity index is 173. The third-order valence-electron chi connectivity index (χ3n) is 2.21. The summed E-state index contributed by atoms with van der Waals surface area (Å²) in [5, 5.41) is 17.6. The molecule has 0 aromatic rings. The molecule has 90 valence electrons. The Hall–Kier alpha value is -0.740. The summed E-state index contributed by atoms with van der Waals surface area (Å²) in [5.41, 5.74) is 0. The zero-order chi connectivity index (χ0) is 11.7. The fraction of sp³-hybridized carbons (Fsp3) is 0.818. The van der Waals surface area contributed by atoms with Gasteiger partial charge in [0.2, 0.25) is 0 Å². The summed E-state index contributed by atoms with van der Waals surface area (Å²) < 4.78 is 0. The minimum absolute atomic E-state index is 0.208. The zero-order valence-corrected chi connectivity index (χ0v) is 10.1. The lowest BCUT2D eigenvalue weighted by Gasteiger charge is -2.31. The molecule has 0 aliphatic rings. The van der Waals surface area contributed by atoms with Crippen molar-refractivity contribution in [3.63, 3.8) is 0 Å². The predicted octanol–water partition coefficient (Wildman–Crippen LogP) is 0.476. The van der Waals surface area contributed by atoms with E-state index >= 15 is 0 Å². The Morgan fingerprint density at radius 1 is 1.07 bits per heavy atom. The van der Waals surface area contributed by atoms with Crippen molar-refractivity contribution in [3.05, 3.63) is 11.9 Å². The number of nitrogens with zero attached hydrogens (tertiary/aromatic N) is 2. The molecule has 0 aromatic carbocycles. The normalized spacial score (nSPS) is 11.7. The Balaban J connectivity index is 4.30. The number of aliphatic hydroxyl groups is 2. The number of rotatable bonds is 8. The van der Waals surface area contributed by atoms with Crippen molar-refractivity contribution < 1.29 is 10.2 Å². The van der Waals surface area contributed by atoms with E-state index in [9.17, 15) is 0 Å². The van der Waals surface area contributed by atoms with Gasteiger partial charge in [0.15, 0.2) is 0 Å². The van der Waals surface area contributed by atoms with E-state index in [0.717, 1.165) is 31.8 Å². The van der Waals surface area contributed by atoms with Crippen LogP contribution in [0.15, 0.2) is 11.9 Å². The third kappa shape index (κ3) is 5.64. The second kappa shape index (κ2) is 8.56. The van der Waals surface area contributed by atoms with E-state index in [1.807, 2.05) is 21.0 Å². The van der Waals surface area contributed by atoms with Gasteiger partial charge < -0.3 is 20.0 Å². The Morgan fingerprint density at radius 2 is 1.53 bits per heavy atom. The molecule has 0 heterocycles. The molecule has 4 nitrogen and oxygen atoms in total. The fourth-order valence-electron chi connectivity index (χ4n) is 1.59. The van der Waals surface area contributed by atoms with Gasteiger partial charge in [0.25, 0.3) is 0 Å². The van der Waals surface area contributed by atoms with Gasteiger partial charge in [-0.15, -0.1) is 0 Å². The lowest BCUT2D eigenvalue weighted by atomic mass is 10.3. The van der Waals surface area contributed by atoms with Gasteiger partial charge in [0, 0.05) is 40.4 Å². The molecule has 0 rings (SSSR count). The summed E-state index contributed by atoms with van der Waals surface area (Å²) in [4.78, 5) is 4.24. The first-order valence-electron chi connectivity index (χ1n) is 5.47. The summed E-state index contributed by atoms with van der Waals surface area (Å²) in [6.07, 6.45) is 3.57. The van der Waals surface area contributed by atoms with Crippen LogP contribution in [0.1, 0.15) is 19.8 Å². The first kappa shape index (κ1) is 14.3. The van der Waals surface area contributed by atoms with Crippen LogP contribution in [0.25, 0.3) is 0 Å². The number of hydrogen-bond acceptors (Lipinski definition) is 4. The van der Waals surface area contributed by atoms with E-state index in [2.05, 4.69) is 15.9 Å². The molecular weight excluding hydrogens is 192 g/mol. The first-order valence-corrected chi connectivity index (χ1v) is 5.47. The molecule has 4 heteroatoms. The molecule has 0 atom stereocenters. The second-order valence-corrected chi connectivity index (χ2v) is 3.68. The average molecular weight is 216 g/mol. The van der Waals surface area contributed by atoms with E-state index in [4.69, 9.17) is 10.2 Å². The summed E-state index contributed by atoms with van der Waals surface area (Å²) in [6.45, 7) is 4.07. The molecule has 15 heavy (non-hydrogen) atoms. The topological polar surface area (TPSA) is 46.9 Å². The highest BCUT2D eigenvalue weighted by Crippen LogP contribution is 2.08. The van der Waals surface area contributed by atoms with E-state index < -0.39 is 0 Å². The maximum absolute atomic E-state index is 8.82. The van der Waals surface area contributed by atoms with Crippen LogP contribution >= 0.6 is 0 Å². The van der Waals surface area contributed by atoms with Crippen molar-refractivity contribution in [1.29, 1.82) is 0 Å². The van der Waals surface area contributed by atoms with Crippen LogP contribution < -0.4 is 0 Å². The van der Waals surface area contributed by atoms with Crippen LogP contribution in [0.5, 0.6) is 0 Å². The van der Waals surface area contributed by atoms with Gasteiger partial charge in [-0.2, -0.15) is 0 Å². The van der Waals surface area contributed by atoms with Crippen molar-refractivity contribution in [3.8, 4) is 0 Å². The van der Waals surface area contributed by atoms with E-state index in [1.165, 1.54) is 0 Å². The highest BCUT2D eigenvalue weighted by molar-refractivity contribution is 4.97. The third-order valence-corrected chi connectivity index (χ3v) is 2.21. The SMILES string of the molecule is CC=C(N(C)C)N(CCCO)CCCO. The fourth-order valence-corrected chi connectivity index (χ4v) is 1.59. The van der Waals surface area contributed by atoms with Crippen molar-refractivity contribution in [2.75, 3.05) is 40.4 Å². The molecule has 0 radical (unpaired) electrons. The number of aliphatic hydroxyl groups excluding tert-OH is 2. The average Bonchev–Trinajstić information content (AvgIpc) is 2.21. The van der Waals surface area contributed by atoms with Crippen molar-refractivity contribution >= 4 is 0 Å². The Labute approximate surface area is 92.8 Å². The van der Waals surface area contributed by atoms with Crippen molar-refractivity contribution in [2.45, 2.75) is 19.8 Å². The van der Waals surface area contributed by atoms with Gasteiger partial charge in [-0.1, -0.05) is 0 Å². The standard InChI is InChI=1S/C11H24N2O2/c1-4-11(12(2)3)13(7-5-9-14)8-6-10-15/h4,14-15H,5-10H2,1-3H3. The van der Waals surface area contributed by atoms with Crippen LogP contribution in [-0.4, -0.2) is 60.4 Å². The number of hydrogen-bond donors (Lipinski definition) is 2. The molecule has 0 saturated carbocycles. The highest BCUT2D eigenvalue weighted by Gasteiger charge is 2.09. The monoisotopic (exact) mass is 216 g/mol.